The molecule has 1 unspecified atom stereocenters. The molecule has 5 nitrogen and oxygen atoms in total. The number of piperazine rings is 1. The van der Waals surface area contributed by atoms with E-state index in [1.54, 1.807) is 11.8 Å². The van der Waals surface area contributed by atoms with Crippen molar-refractivity contribution in [1.82, 2.24) is 10.2 Å². The quantitative estimate of drug-likeness (QED) is 0.912. The van der Waals surface area contributed by atoms with Gasteiger partial charge in [-0.05, 0) is 44.0 Å². The van der Waals surface area contributed by atoms with Crippen molar-refractivity contribution in [2.75, 3.05) is 19.7 Å². The Balaban J connectivity index is 1.83. The lowest BCUT2D eigenvalue weighted by Crippen LogP contribution is -2.56. The second kappa shape index (κ2) is 6.61. The second-order valence-corrected chi connectivity index (χ2v) is 5.40. The van der Waals surface area contributed by atoms with Gasteiger partial charge in [-0.25, -0.2) is 0 Å². The molecule has 1 aromatic rings. The fourth-order valence-corrected chi connectivity index (χ4v) is 2.33. The van der Waals surface area contributed by atoms with E-state index in [1.165, 1.54) is 11.1 Å². The highest BCUT2D eigenvalue weighted by Gasteiger charge is 2.28. The van der Waals surface area contributed by atoms with Gasteiger partial charge in [-0.2, -0.15) is 0 Å². The molecule has 114 valence electrons. The zero-order valence-corrected chi connectivity index (χ0v) is 12.8. The Labute approximate surface area is 125 Å². The van der Waals surface area contributed by atoms with E-state index >= 15 is 0 Å². The minimum atomic E-state index is -0.395. The van der Waals surface area contributed by atoms with Gasteiger partial charge in [-0.3, -0.25) is 9.59 Å². The van der Waals surface area contributed by atoms with Crippen LogP contribution in [0.1, 0.15) is 24.5 Å². The predicted octanol–water partition coefficient (Wildman–Crippen LogP) is 1.42. The first kappa shape index (κ1) is 15.4. The van der Waals surface area contributed by atoms with E-state index in [1.807, 2.05) is 32.0 Å². The molecule has 0 aromatic heterocycles. The topological polar surface area (TPSA) is 58.6 Å². The van der Waals surface area contributed by atoms with Gasteiger partial charge in [0.1, 0.15) is 11.8 Å². The predicted molar refractivity (Wildman–Crippen MR) is 80.2 cm³/mol. The molecule has 2 amide bonds. The van der Waals surface area contributed by atoms with Gasteiger partial charge in [0, 0.05) is 13.1 Å². The third-order valence-corrected chi connectivity index (χ3v) is 3.88. The number of ether oxygens (including phenoxy) is 1. The zero-order valence-electron chi connectivity index (χ0n) is 12.8. The van der Waals surface area contributed by atoms with Gasteiger partial charge in [-0.15, -0.1) is 0 Å². The van der Waals surface area contributed by atoms with Crippen LogP contribution in [0.15, 0.2) is 18.2 Å². The molecular formula is C16H22N2O3. The van der Waals surface area contributed by atoms with Gasteiger partial charge in [-0.1, -0.05) is 6.07 Å². The minimum absolute atomic E-state index is 0.0406. The van der Waals surface area contributed by atoms with Crippen molar-refractivity contribution >= 4 is 11.8 Å². The first-order valence-electron chi connectivity index (χ1n) is 7.26. The van der Waals surface area contributed by atoms with Gasteiger partial charge in [0.25, 0.3) is 0 Å². The summed E-state index contributed by atoms with van der Waals surface area (Å²) in [6.45, 7) is 7.23. The first-order valence-corrected chi connectivity index (χ1v) is 7.26. The lowest BCUT2D eigenvalue weighted by Gasteiger charge is -2.32. The summed E-state index contributed by atoms with van der Waals surface area (Å²) in [5.41, 5.74) is 2.38. The fraction of sp³-hybridized carbons (Fsp3) is 0.500. The van der Waals surface area contributed by atoms with Crippen molar-refractivity contribution < 1.29 is 14.3 Å². The smallest absolute Gasteiger partial charge is 0.242 e. The van der Waals surface area contributed by atoms with Gasteiger partial charge in [0.15, 0.2) is 0 Å². The maximum atomic E-state index is 12.1. The van der Waals surface area contributed by atoms with E-state index in [4.69, 9.17) is 4.74 Å². The molecule has 1 atom stereocenters. The molecule has 0 radical (unpaired) electrons. The van der Waals surface area contributed by atoms with Crippen molar-refractivity contribution in [2.45, 2.75) is 33.2 Å². The number of hydrogen-bond acceptors (Lipinski definition) is 3. The molecule has 0 bridgehead atoms. The molecule has 21 heavy (non-hydrogen) atoms. The van der Waals surface area contributed by atoms with Crippen LogP contribution in [0.4, 0.5) is 0 Å². The van der Waals surface area contributed by atoms with Crippen molar-refractivity contribution in [3.05, 3.63) is 29.3 Å². The molecule has 5 heteroatoms. The number of amides is 2. The Hall–Kier alpha value is -2.04. The van der Waals surface area contributed by atoms with Crippen LogP contribution in [0.5, 0.6) is 5.75 Å². The number of aryl methyl sites for hydroxylation is 2. The van der Waals surface area contributed by atoms with Crippen LogP contribution in [0.25, 0.3) is 0 Å². The highest BCUT2D eigenvalue weighted by atomic mass is 16.5. The number of carbonyl (C=O) groups excluding carboxylic acids is 2. The molecule has 0 aliphatic carbocycles. The van der Waals surface area contributed by atoms with E-state index < -0.39 is 6.04 Å². The lowest BCUT2D eigenvalue weighted by molar-refractivity contribution is -0.142. The number of carbonyl (C=O) groups is 2. The number of rotatable bonds is 4. The SMILES string of the molecule is Cc1ccc(OCCC(=O)N2CCNC(=O)C2C)cc1C. The van der Waals surface area contributed by atoms with Crippen molar-refractivity contribution in [2.24, 2.45) is 0 Å². The Bertz CT molecular complexity index is 542. The maximum Gasteiger partial charge on any atom is 0.242 e. The largest absolute Gasteiger partial charge is 0.493 e. The summed E-state index contributed by atoms with van der Waals surface area (Å²) in [6.07, 6.45) is 0.282. The summed E-state index contributed by atoms with van der Waals surface area (Å²) >= 11 is 0. The number of nitrogens with one attached hydrogen (secondary N) is 1. The summed E-state index contributed by atoms with van der Waals surface area (Å²) in [5.74, 6) is 0.640. The molecule has 1 heterocycles. The van der Waals surface area contributed by atoms with Crippen molar-refractivity contribution in [1.29, 1.82) is 0 Å². The molecule has 1 aliphatic rings. The molecular weight excluding hydrogens is 268 g/mol. The lowest BCUT2D eigenvalue weighted by atomic mass is 10.1. The summed E-state index contributed by atoms with van der Waals surface area (Å²) in [6, 6.07) is 5.48. The van der Waals surface area contributed by atoms with Crippen LogP contribution < -0.4 is 10.1 Å². The summed E-state index contributed by atoms with van der Waals surface area (Å²) in [4.78, 5) is 25.3. The van der Waals surface area contributed by atoms with Crippen molar-refractivity contribution in [3.63, 3.8) is 0 Å². The third kappa shape index (κ3) is 3.74. The third-order valence-electron chi connectivity index (χ3n) is 3.88. The summed E-state index contributed by atoms with van der Waals surface area (Å²) < 4.78 is 5.62. The highest BCUT2D eigenvalue weighted by Crippen LogP contribution is 2.16. The van der Waals surface area contributed by atoms with Crippen molar-refractivity contribution in [3.8, 4) is 5.75 Å². The molecule has 2 rings (SSSR count). The standard InChI is InChI=1S/C16H22N2O3/c1-11-4-5-14(10-12(11)2)21-9-6-15(19)18-8-7-17-16(20)13(18)3/h4-5,10,13H,6-9H2,1-3H3,(H,17,20). The van der Waals surface area contributed by atoms with Gasteiger partial charge >= 0.3 is 0 Å². The Morgan fingerprint density at radius 2 is 2.14 bits per heavy atom. The van der Waals surface area contributed by atoms with Gasteiger partial charge < -0.3 is 15.0 Å². The van der Waals surface area contributed by atoms with Crippen LogP contribution in [-0.2, 0) is 9.59 Å². The number of hydrogen-bond donors (Lipinski definition) is 1. The van der Waals surface area contributed by atoms with Crippen LogP contribution in [0, 0.1) is 13.8 Å². The van der Waals surface area contributed by atoms with E-state index in [2.05, 4.69) is 5.32 Å². The number of benzene rings is 1. The van der Waals surface area contributed by atoms with Crippen LogP contribution in [-0.4, -0.2) is 42.5 Å². The van der Waals surface area contributed by atoms with Gasteiger partial charge in [0.05, 0.1) is 13.0 Å². The Morgan fingerprint density at radius 3 is 2.86 bits per heavy atom. The first-order chi connectivity index (χ1) is 9.99. The average molecular weight is 290 g/mol. The Morgan fingerprint density at radius 1 is 1.38 bits per heavy atom. The fourth-order valence-electron chi connectivity index (χ4n) is 2.33. The molecule has 0 spiro atoms. The Kier molecular flexibility index (Phi) is 4.83. The van der Waals surface area contributed by atoms with Gasteiger partial charge in [0.2, 0.25) is 11.8 Å². The average Bonchev–Trinajstić information content (AvgIpc) is 2.45. The molecule has 1 N–H and O–H groups in total. The highest BCUT2D eigenvalue weighted by molar-refractivity contribution is 5.88. The minimum Gasteiger partial charge on any atom is -0.493 e. The van der Waals surface area contributed by atoms with E-state index in [9.17, 15) is 9.59 Å². The number of nitrogens with zero attached hydrogens (tertiary/aromatic N) is 1. The van der Waals surface area contributed by atoms with Crippen LogP contribution in [0.2, 0.25) is 0 Å². The maximum absolute atomic E-state index is 12.1. The molecule has 1 aromatic carbocycles. The molecule has 1 aliphatic heterocycles. The molecule has 0 saturated carbocycles. The van der Waals surface area contributed by atoms with E-state index in [-0.39, 0.29) is 18.2 Å². The van der Waals surface area contributed by atoms with E-state index in [0.29, 0.717) is 19.7 Å². The zero-order chi connectivity index (χ0) is 15.4. The van der Waals surface area contributed by atoms with E-state index in [0.717, 1.165) is 5.75 Å². The normalized spacial score (nSPS) is 18.3. The monoisotopic (exact) mass is 290 g/mol. The summed E-state index contributed by atoms with van der Waals surface area (Å²) in [7, 11) is 0. The van der Waals surface area contributed by atoms with Crippen LogP contribution in [0.3, 0.4) is 0 Å². The second-order valence-electron chi connectivity index (χ2n) is 5.40. The summed E-state index contributed by atoms with van der Waals surface area (Å²) in [5, 5.41) is 2.75. The molecule has 1 saturated heterocycles. The van der Waals surface area contributed by atoms with Crippen LogP contribution >= 0.6 is 0 Å². The molecule has 1 fully saturated rings.